The molecule has 0 bridgehead atoms. The fraction of sp³-hybridized carbons (Fsp3) is 1.00. The summed E-state index contributed by atoms with van der Waals surface area (Å²) in [4.78, 5) is 9.26. The summed E-state index contributed by atoms with van der Waals surface area (Å²) < 4.78 is 0. The van der Waals surface area contributed by atoms with Crippen molar-refractivity contribution in [2.45, 2.75) is 0 Å². The van der Waals surface area contributed by atoms with E-state index in [0.717, 1.165) is 0 Å². The highest BCUT2D eigenvalue weighted by molar-refractivity contribution is 4.00. The molecule has 0 aliphatic rings. The molecule has 0 saturated heterocycles. The monoisotopic (exact) mass is 152 g/mol. The van der Waals surface area contributed by atoms with Crippen LogP contribution in [0.15, 0.2) is 0 Å². The van der Waals surface area contributed by atoms with Crippen molar-refractivity contribution in [1.29, 1.82) is 0 Å². The third-order valence-electron chi connectivity index (χ3n) is 0.475. The van der Waals surface area contributed by atoms with Gasteiger partial charge in [-0.1, -0.05) is 0 Å². The number of rotatable bonds is 4. The fourth-order valence-electron chi connectivity index (χ4n) is 0.312. The number of hydroxylamine groups is 4. The van der Waals surface area contributed by atoms with Crippen LogP contribution in [0.25, 0.3) is 0 Å². The molecule has 0 amide bonds. The number of hydrogen-bond donors (Lipinski definition) is 0. The Morgan fingerprint density at radius 2 is 1.20 bits per heavy atom. The van der Waals surface area contributed by atoms with Crippen molar-refractivity contribution in [3.8, 4) is 0 Å². The fourth-order valence-corrected chi connectivity index (χ4v) is 0.312. The molecule has 6 nitrogen and oxygen atoms in total. The van der Waals surface area contributed by atoms with Crippen LogP contribution in [0.5, 0.6) is 0 Å². The summed E-state index contributed by atoms with van der Waals surface area (Å²) in [6.45, 7) is 0. The zero-order chi connectivity index (χ0) is 8.15. The van der Waals surface area contributed by atoms with Crippen LogP contribution in [0.1, 0.15) is 0 Å². The van der Waals surface area contributed by atoms with Gasteiger partial charge in [-0.25, -0.2) is 0 Å². The van der Waals surface area contributed by atoms with Crippen LogP contribution in [0.3, 0.4) is 0 Å². The SMILES string of the molecule is CN(C)ON([OH2+])ON(C)C. The minimum absolute atomic E-state index is 0.500. The van der Waals surface area contributed by atoms with Gasteiger partial charge >= 0.3 is 0 Å². The largest absolute Gasteiger partial charge is 0.289 e. The van der Waals surface area contributed by atoms with E-state index in [9.17, 15) is 0 Å². The molecule has 2 N–H and O–H groups in total. The van der Waals surface area contributed by atoms with Crippen molar-refractivity contribution in [2.75, 3.05) is 28.2 Å². The van der Waals surface area contributed by atoms with Gasteiger partial charge in [0.2, 0.25) is 5.39 Å². The molecule has 0 spiro atoms. The van der Waals surface area contributed by atoms with E-state index in [4.69, 9.17) is 5.21 Å². The molecule has 0 aromatic carbocycles. The van der Waals surface area contributed by atoms with Crippen molar-refractivity contribution in [1.82, 2.24) is 15.5 Å². The predicted octanol–water partition coefficient (Wildman–Crippen LogP) is -1.26. The Balaban J connectivity index is 3.34. The Kier molecular flexibility index (Phi) is 4.45. The summed E-state index contributed by atoms with van der Waals surface area (Å²) in [5.74, 6) is 0. The normalized spacial score (nSPS) is 12.0. The molecule has 0 aromatic rings. The highest BCUT2D eigenvalue weighted by atomic mass is 17.2. The van der Waals surface area contributed by atoms with E-state index in [-0.39, 0.29) is 0 Å². The maximum atomic E-state index is 6.94. The number of hydrogen-bond acceptors (Lipinski definition) is 5. The molecule has 0 radical (unpaired) electrons. The average Bonchev–Trinajstić information content (AvgIpc) is 1.58. The zero-order valence-electron chi connectivity index (χ0n) is 6.66. The molecular formula is C4H14N3O3+. The second-order valence-corrected chi connectivity index (χ2v) is 2.05. The van der Waals surface area contributed by atoms with E-state index >= 15 is 0 Å². The van der Waals surface area contributed by atoms with Crippen LogP contribution in [-0.2, 0) is 9.88 Å². The minimum Gasteiger partial charge on any atom is -0.289 e. The molecule has 0 rings (SSSR count). The Morgan fingerprint density at radius 3 is 1.40 bits per heavy atom. The average molecular weight is 152 g/mol. The lowest BCUT2D eigenvalue weighted by molar-refractivity contribution is -0.603. The van der Waals surface area contributed by atoms with E-state index in [1.807, 2.05) is 0 Å². The quantitative estimate of drug-likeness (QED) is 0.372. The first-order chi connectivity index (χ1) is 4.52. The van der Waals surface area contributed by atoms with Gasteiger partial charge < -0.3 is 0 Å². The van der Waals surface area contributed by atoms with Gasteiger partial charge in [0.25, 0.3) is 0 Å². The van der Waals surface area contributed by atoms with Gasteiger partial charge in [0.15, 0.2) is 0 Å². The Morgan fingerprint density at radius 1 is 0.900 bits per heavy atom. The Hall–Kier alpha value is -0.240. The first kappa shape index (κ1) is 9.76. The van der Waals surface area contributed by atoms with Gasteiger partial charge in [-0.2, -0.15) is 10.1 Å². The van der Waals surface area contributed by atoms with E-state index in [1.54, 1.807) is 28.2 Å². The van der Waals surface area contributed by atoms with Crippen LogP contribution >= 0.6 is 0 Å². The van der Waals surface area contributed by atoms with Crippen molar-refractivity contribution < 1.29 is 15.1 Å². The molecule has 0 aliphatic carbocycles. The van der Waals surface area contributed by atoms with Gasteiger partial charge in [-0.3, -0.25) is 5.21 Å². The minimum atomic E-state index is 0.500. The van der Waals surface area contributed by atoms with Gasteiger partial charge in [0.05, 0.1) is 0 Å². The molecule has 0 unspecified atom stereocenters. The highest BCUT2D eigenvalue weighted by Crippen LogP contribution is 1.89. The first-order valence-corrected chi connectivity index (χ1v) is 2.74. The smallest absolute Gasteiger partial charge is 0.249 e. The van der Waals surface area contributed by atoms with Crippen LogP contribution in [0.2, 0.25) is 0 Å². The highest BCUT2D eigenvalue weighted by Gasteiger charge is 2.09. The Bertz CT molecular complexity index is 77.8. The molecule has 0 aromatic heterocycles. The molecule has 0 fully saturated rings. The molecule has 0 heterocycles. The van der Waals surface area contributed by atoms with Gasteiger partial charge in [0, 0.05) is 28.2 Å². The second kappa shape index (κ2) is 4.56. The molecular weight excluding hydrogens is 138 g/mol. The molecule has 62 valence electrons. The number of nitrogens with zero attached hydrogens (tertiary/aromatic N) is 3. The summed E-state index contributed by atoms with van der Waals surface area (Å²) in [7, 11) is 6.61. The van der Waals surface area contributed by atoms with Crippen LogP contribution in [0, 0.1) is 0 Å². The maximum absolute atomic E-state index is 6.94. The summed E-state index contributed by atoms with van der Waals surface area (Å²) >= 11 is 0. The van der Waals surface area contributed by atoms with E-state index < -0.39 is 0 Å². The summed E-state index contributed by atoms with van der Waals surface area (Å²) in [6.07, 6.45) is 0. The third kappa shape index (κ3) is 5.89. The lowest BCUT2D eigenvalue weighted by Gasteiger charge is -2.14. The predicted molar refractivity (Wildman–Crippen MR) is 35.0 cm³/mol. The van der Waals surface area contributed by atoms with E-state index in [2.05, 4.69) is 9.88 Å². The van der Waals surface area contributed by atoms with Crippen molar-refractivity contribution >= 4 is 0 Å². The maximum Gasteiger partial charge on any atom is 0.249 e. The van der Waals surface area contributed by atoms with Crippen LogP contribution in [-0.4, -0.2) is 48.9 Å². The van der Waals surface area contributed by atoms with E-state index in [0.29, 0.717) is 5.39 Å². The first-order valence-electron chi connectivity index (χ1n) is 2.74. The van der Waals surface area contributed by atoms with Gasteiger partial charge in [-0.15, -0.1) is 9.88 Å². The van der Waals surface area contributed by atoms with Crippen molar-refractivity contribution in [2.24, 2.45) is 0 Å². The standard InChI is InChI=1S/C4H13N3O3/c1-5(2)9-7(8)10-6(3)4/h8H,1-4H3/p+1. The lowest BCUT2D eigenvalue weighted by Crippen LogP contribution is -2.32. The zero-order valence-corrected chi connectivity index (χ0v) is 6.66. The molecule has 6 heteroatoms. The van der Waals surface area contributed by atoms with Crippen molar-refractivity contribution in [3.63, 3.8) is 0 Å². The Labute approximate surface area is 59.9 Å². The van der Waals surface area contributed by atoms with Crippen LogP contribution < -0.4 is 0 Å². The summed E-state index contributed by atoms with van der Waals surface area (Å²) in [5, 5.41) is 10.1. The topological polar surface area (TPSA) is 51.1 Å². The molecule has 0 aliphatic heterocycles. The van der Waals surface area contributed by atoms with Gasteiger partial charge in [-0.05, 0) is 0 Å². The van der Waals surface area contributed by atoms with Gasteiger partial charge in [0.1, 0.15) is 0 Å². The van der Waals surface area contributed by atoms with Crippen molar-refractivity contribution in [3.05, 3.63) is 0 Å². The summed E-state index contributed by atoms with van der Waals surface area (Å²) in [6, 6.07) is 0. The third-order valence-corrected chi connectivity index (χ3v) is 0.475. The van der Waals surface area contributed by atoms with E-state index in [1.165, 1.54) is 10.1 Å². The molecule has 0 atom stereocenters. The molecule has 0 saturated carbocycles. The summed E-state index contributed by atoms with van der Waals surface area (Å²) in [5.41, 5.74) is 0. The second-order valence-electron chi connectivity index (χ2n) is 2.05. The van der Waals surface area contributed by atoms with Crippen LogP contribution in [0.4, 0.5) is 0 Å². The molecule has 10 heavy (non-hydrogen) atoms. The lowest BCUT2D eigenvalue weighted by atomic mass is 11.2.